The number of benzene rings is 2. The average Bonchev–Trinajstić information content (AvgIpc) is 3.16. The molecule has 138 valence electrons. The first-order valence-corrected chi connectivity index (χ1v) is 7.67. The lowest BCUT2D eigenvalue weighted by atomic mass is 10.1. The lowest BCUT2D eigenvalue weighted by molar-refractivity contribution is -0.385. The first-order valence-electron chi connectivity index (χ1n) is 7.67. The van der Waals surface area contributed by atoms with Crippen LogP contribution in [0.25, 0.3) is 11.3 Å². The van der Waals surface area contributed by atoms with E-state index in [2.05, 4.69) is 4.98 Å². The molecule has 0 spiro atoms. The van der Waals surface area contributed by atoms with Crippen molar-refractivity contribution in [3.63, 3.8) is 0 Å². The molecule has 0 radical (unpaired) electrons. The summed E-state index contributed by atoms with van der Waals surface area (Å²) < 4.78 is 5.09. The van der Waals surface area contributed by atoms with Gasteiger partial charge in [0.05, 0.1) is 16.0 Å². The van der Waals surface area contributed by atoms with Gasteiger partial charge in [0.15, 0.2) is 12.2 Å². The summed E-state index contributed by atoms with van der Waals surface area (Å²) in [4.78, 5) is 34.1. The van der Waals surface area contributed by atoms with E-state index in [1.165, 1.54) is 30.7 Å². The van der Waals surface area contributed by atoms with Crippen LogP contribution in [0.2, 0.25) is 0 Å². The van der Waals surface area contributed by atoms with E-state index < -0.39 is 9.85 Å². The number of aryl methyl sites for hydroxylation is 2. The van der Waals surface area contributed by atoms with Gasteiger partial charge in [0, 0.05) is 34.4 Å². The summed E-state index contributed by atoms with van der Waals surface area (Å²) in [6, 6.07) is 9.07. The van der Waals surface area contributed by atoms with Crippen LogP contribution >= 0.6 is 0 Å². The lowest BCUT2D eigenvalue weighted by Gasteiger charge is -1.99. The minimum absolute atomic E-state index is 0.0422. The van der Waals surface area contributed by atoms with Crippen molar-refractivity contribution in [1.82, 2.24) is 4.98 Å². The van der Waals surface area contributed by atoms with E-state index in [0.29, 0.717) is 28.7 Å². The molecule has 0 aliphatic heterocycles. The predicted octanol–water partition coefficient (Wildman–Crippen LogP) is 4.27. The number of nitro benzene ring substituents is 2. The van der Waals surface area contributed by atoms with E-state index in [9.17, 15) is 25.0 Å². The quantitative estimate of drug-likeness (QED) is 0.381. The lowest BCUT2D eigenvalue weighted by Crippen LogP contribution is -1.92. The fraction of sp³-hybridized carbons (Fsp3) is 0.111. The van der Waals surface area contributed by atoms with Crippen LogP contribution in [0, 0.1) is 34.1 Å². The number of nitro groups is 2. The Morgan fingerprint density at radius 1 is 0.963 bits per heavy atom. The Morgan fingerprint density at radius 3 is 2.00 bits per heavy atom. The van der Waals surface area contributed by atoms with Crippen LogP contribution < -0.4 is 0 Å². The van der Waals surface area contributed by atoms with Gasteiger partial charge in [-0.1, -0.05) is 0 Å². The minimum atomic E-state index is -0.468. The van der Waals surface area contributed by atoms with E-state index in [0.717, 1.165) is 5.56 Å². The van der Waals surface area contributed by atoms with E-state index in [4.69, 9.17) is 4.42 Å². The van der Waals surface area contributed by atoms with Gasteiger partial charge in [-0.15, -0.1) is 0 Å². The molecule has 0 atom stereocenters. The number of oxazole rings is 1. The number of carbonyl (C=O) groups is 1. The fourth-order valence-corrected chi connectivity index (χ4v) is 2.33. The first-order chi connectivity index (χ1) is 12.8. The van der Waals surface area contributed by atoms with E-state index in [1.807, 2.05) is 0 Å². The van der Waals surface area contributed by atoms with Crippen LogP contribution in [0.1, 0.15) is 21.5 Å². The second-order valence-corrected chi connectivity index (χ2v) is 5.54. The van der Waals surface area contributed by atoms with Gasteiger partial charge in [0.1, 0.15) is 6.29 Å². The molecule has 0 N–H and O–H groups in total. The molecular formula is C18H15N3O6. The van der Waals surface area contributed by atoms with Crippen molar-refractivity contribution in [1.29, 1.82) is 0 Å². The second-order valence-electron chi connectivity index (χ2n) is 5.54. The van der Waals surface area contributed by atoms with Crippen LogP contribution in [-0.4, -0.2) is 21.1 Å². The van der Waals surface area contributed by atoms with Gasteiger partial charge in [-0.05, 0) is 38.1 Å². The molecule has 3 aromatic rings. The van der Waals surface area contributed by atoms with Crippen molar-refractivity contribution in [2.24, 2.45) is 0 Å². The van der Waals surface area contributed by atoms with Crippen LogP contribution in [-0.2, 0) is 0 Å². The Kier molecular flexibility index (Phi) is 6.10. The van der Waals surface area contributed by atoms with Crippen molar-refractivity contribution in [3.05, 3.63) is 85.9 Å². The molecule has 9 nitrogen and oxygen atoms in total. The van der Waals surface area contributed by atoms with E-state index in [-0.39, 0.29) is 11.4 Å². The third-order valence-electron chi connectivity index (χ3n) is 3.66. The molecule has 0 aliphatic carbocycles. The summed E-state index contributed by atoms with van der Waals surface area (Å²) in [6.07, 6.45) is 3.56. The molecule has 0 saturated carbocycles. The largest absolute Gasteiger partial charge is 0.444 e. The highest BCUT2D eigenvalue weighted by molar-refractivity contribution is 5.76. The third kappa shape index (κ3) is 4.82. The van der Waals surface area contributed by atoms with E-state index >= 15 is 0 Å². The topological polar surface area (TPSA) is 129 Å². The highest BCUT2D eigenvalue weighted by Gasteiger charge is 2.12. The summed E-state index contributed by atoms with van der Waals surface area (Å²) >= 11 is 0. The van der Waals surface area contributed by atoms with Gasteiger partial charge in [-0.3, -0.25) is 25.0 Å². The Hall–Kier alpha value is -3.88. The highest BCUT2D eigenvalue weighted by atomic mass is 16.6. The number of rotatable bonds is 4. The van der Waals surface area contributed by atoms with Crippen molar-refractivity contribution < 1.29 is 19.1 Å². The van der Waals surface area contributed by atoms with Gasteiger partial charge >= 0.3 is 0 Å². The summed E-state index contributed by atoms with van der Waals surface area (Å²) in [6.45, 7) is 3.29. The zero-order valence-electron chi connectivity index (χ0n) is 14.5. The van der Waals surface area contributed by atoms with Crippen LogP contribution in [0.3, 0.4) is 0 Å². The normalized spacial score (nSPS) is 9.85. The fourth-order valence-electron chi connectivity index (χ4n) is 2.33. The Balaban J connectivity index is 0.000000199. The maximum Gasteiger partial charge on any atom is 0.272 e. The molecule has 27 heavy (non-hydrogen) atoms. The highest BCUT2D eigenvalue weighted by Crippen LogP contribution is 2.25. The molecule has 2 aromatic carbocycles. The van der Waals surface area contributed by atoms with E-state index in [1.54, 1.807) is 32.2 Å². The van der Waals surface area contributed by atoms with Crippen molar-refractivity contribution >= 4 is 17.7 Å². The third-order valence-corrected chi connectivity index (χ3v) is 3.66. The number of aldehydes is 1. The average molecular weight is 369 g/mol. The molecule has 0 saturated heterocycles. The van der Waals surface area contributed by atoms with Gasteiger partial charge < -0.3 is 4.42 Å². The van der Waals surface area contributed by atoms with Gasteiger partial charge in [0.25, 0.3) is 11.4 Å². The Bertz CT molecular complexity index is 983. The Morgan fingerprint density at radius 2 is 1.56 bits per heavy atom. The standard InChI is InChI=1S/C10H8N2O3.C8H7NO3/c1-7-4-8(10-5-11-6-15-10)2-3-9(7)12(13)14;1-6-4-7(5-10)2-3-8(6)9(11)12/h2-6H,1H3;2-5H,1H3. The molecule has 0 unspecified atom stereocenters. The monoisotopic (exact) mass is 369 g/mol. The number of hydrogen-bond donors (Lipinski definition) is 0. The molecule has 1 aromatic heterocycles. The smallest absolute Gasteiger partial charge is 0.272 e. The number of aromatic nitrogens is 1. The SMILES string of the molecule is Cc1cc(-c2cnco2)ccc1[N+](=O)[O-].Cc1cc(C=O)ccc1[N+](=O)[O-]. The summed E-state index contributed by atoms with van der Waals surface area (Å²) in [5.41, 5.74) is 2.51. The molecule has 1 heterocycles. The number of carbonyl (C=O) groups excluding carboxylic acids is 1. The number of nitrogens with zero attached hydrogens (tertiary/aromatic N) is 3. The number of hydrogen-bond acceptors (Lipinski definition) is 7. The minimum Gasteiger partial charge on any atom is -0.444 e. The summed E-state index contributed by atoms with van der Waals surface area (Å²) in [7, 11) is 0. The predicted molar refractivity (Wildman–Crippen MR) is 96.6 cm³/mol. The summed E-state index contributed by atoms with van der Waals surface area (Å²) in [5, 5.41) is 20.9. The van der Waals surface area contributed by atoms with Gasteiger partial charge in [-0.2, -0.15) is 0 Å². The van der Waals surface area contributed by atoms with Crippen molar-refractivity contribution in [3.8, 4) is 11.3 Å². The van der Waals surface area contributed by atoms with Gasteiger partial charge in [-0.25, -0.2) is 4.98 Å². The maximum atomic E-state index is 10.6. The molecule has 0 fully saturated rings. The molecular weight excluding hydrogens is 354 g/mol. The van der Waals surface area contributed by atoms with Crippen LogP contribution in [0.4, 0.5) is 11.4 Å². The van der Waals surface area contributed by atoms with Crippen molar-refractivity contribution in [2.75, 3.05) is 0 Å². The first kappa shape index (κ1) is 19.4. The van der Waals surface area contributed by atoms with Crippen LogP contribution in [0.5, 0.6) is 0 Å². The molecule has 9 heteroatoms. The zero-order valence-corrected chi connectivity index (χ0v) is 14.5. The molecule has 0 amide bonds. The molecule has 3 rings (SSSR count). The molecule has 0 bridgehead atoms. The van der Waals surface area contributed by atoms with Crippen LogP contribution in [0.15, 0.2) is 53.4 Å². The zero-order chi connectivity index (χ0) is 20.0. The second kappa shape index (κ2) is 8.48. The Labute approximate surface area is 153 Å². The summed E-state index contributed by atoms with van der Waals surface area (Å²) in [5.74, 6) is 0.605. The van der Waals surface area contributed by atoms with Crippen molar-refractivity contribution in [2.45, 2.75) is 13.8 Å². The molecule has 0 aliphatic rings. The van der Waals surface area contributed by atoms with Gasteiger partial charge in [0.2, 0.25) is 0 Å². The maximum absolute atomic E-state index is 10.6.